The maximum absolute atomic E-state index is 3.79. The van der Waals surface area contributed by atoms with E-state index in [2.05, 4.69) is 73.8 Å². The first-order valence-electron chi connectivity index (χ1n) is 7.62. The number of hydrogen-bond acceptors (Lipinski definition) is 1. The van der Waals surface area contributed by atoms with Gasteiger partial charge in [-0.1, -0.05) is 68.8 Å². The molecular weight excluding hydrogens is 242 g/mol. The summed E-state index contributed by atoms with van der Waals surface area (Å²) >= 11 is 0. The van der Waals surface area contributed by atoms with E-state index in [0.29, 0.717) is 6.04 Å². The van der Waals surface area contributed by atoms with E-state index in [-0.39, 0.29) is 5.41 Å². The van der Waals surface area contributed by atoms with Crippen molar-refractivity contribution >= 4 is 5.69 Å². The standard InChI is InChI=1S/C19H23N/c1-3-13-19(2)14-16-11-7-8-12-17(16)20-18(19)15-9-5-4-6-10-15/h4-12,18,20H,3,13-14H2,1-2H3/t18-,19-/m1/s1. The Labute approximate surface area is 122 Å². The first-order valence-corrected chi connectivity index (χ1v) is 7.62. The molecule has 0 unspecified atom stereocenters. The average Bonchev–Trinajstić information content (AvgIpc) is 2.47. The van der Waals surface area contributed by atoms with Gasteiger partial charge in [-0.25, -0.2) is 0 Å². The van der Waals surface area contributed by atoms with E-state index >= 15 is 0 Å². The molecule has 2 aromatic rings. The minimum absolute atomic E-state index is 0.282. The molecular formula is C19H23N. The molecule has 0 spiro atoms. The van der Waals surface area contributed by atoms with Crippen LogP contribution < -0.4 is 5.32 Å². The van der Waals surface area contributed by atoms with Crippen molar-refractivity contribution in [2.24, 2.45) is 5.41 Å². The van der Waals surface area contributed by atoms with Crippen molar-refractivity contribution < 1.29 is 0 Å². The molecule has 0 fully saturated rings. The molecule has 1 aliphatic heterocycles. The van der Waals surface area contributed by atoms with Crippen LogP contribution in [-0.4, -0.2) is 0 Å². The number of benzene rings is 2. The highest BCUT2D eigenvalue weighted by Crippen LogP contribution is 2.47. The number of anilines is 1. The van der Waals surface area contributed by atoms with Crippen LogP contribution >= 0.6 is 0 Å². The molecule has 0 bridgehead atoms. The predicted molar refractivity (Wildman–Crippen MR) is 86.0 cm³/mol. The van der Waals surface area contributed by atoms with Crippen LogP contribution in [0.4, 0.5) is 5.69 Å². The lowest BCUT2D eigenvalue weighted by Gasteiger charge is -2.44. The van der Waals surface area contributed by atoms with Crippen LogP contribution in [-0.2, 0) is 6.42 Å². The van der Waals surface area contributed by atoms with Crippen LogP contribution in [0, 0.1) is 5.41 Å². The SMILES string of the molecule is CCC[C@]1(C)Cc2ccccc2N[C@@H]1c1ccccc1. The van der Waals surface area contributed by atoms with Crippen molar-refractivity contribution in [3.63, 3.8) is 0 Å². The van der Waals surface area contributed by atoms with Gasteiger partial charge in [0.15, 0.2) is 0 Å². The van der Waals surface area contributed by atoms with Crippen LogP contribution in [0.3, 0.4) is 0 Å². The second-order valence-corrected chi connectivity index (χ2v) is 6.23. The monoisotopic (exact) mass is 265 g/mol. The van der Waals surface area contributed by atoms with E-state index in [1.807, 2.05) is 0 Å². The van der Waals surface area contributed by atoms with E-state index in [4.69, 9.17) is 0 Å². The van der Waals surface area contributed by atoms with Gasteiger partial charge >= 0.3 is 0 Å². The first kappa shape index (κ1) is 13.2. The maximum Gasteiger partial charge on any atom is 0.0570 e. The molecule has 20 heavy (non-hydrogen) atoms. The van der Waals surface area contributed by atoms with Gasteiger partial charge in [-0.2, -0.15) is 0 Å². The Kier molecular flexibility index (Phi) is 3.52. The Morgan fingerprint density at radius 1 is 1.05 bits per heavy atom. The van der Waals surface area contributed by atoms with Gasteiger partial charge in [0.2, 0.25) is 0 Å². The average molecular weight is 265 g/mol. The molecule has 0 amide bonds. The van der Waals surface area contributed by atoms with Gasteiger partial charge in [-0.05, 0) is 35.4 Å². The highest BCUT2D eigenvalue weighted by Gasteiger charge is 2.38. The molecule has 0 saturated carbocycles. The Bertz CT molecular complexity index is 575. The Morgan fingerprint density at radius 3 is 2.50 bits per heavy atom. The third kappa shape index (κ3) is 2.33. The molecule has 1 N–H and O–H groups in total. The van der Waals surface area contributed by atoms with Crippen molar-refractivity contribution in [1.29, 1.82) is 0 Å². The number of nitrogens with one attached hydrogen (secondary N) is 1. The topological polar surface area (TPSA) is 12.0 Å². The van der Waals surface area contributed by atoms with Gasteiger partial charge in [-0.15, -0.1) is 0 Å². The van der Waals surface area contributed by atoms with E-state index in [0.717, 1.165) is 6.42 Å². The second kappa shape index (κ2) is 5.32. The fraction of sp³-hybridized carbons (Fsp3) is 0.368. The maximum atomic E-state index is 3.79. The van der Waals surface area contributed by atoms with E-state index in [1.54, 1.807) is 0 Å². The highest BCUT2D eigenvalue weighted by molar-refractivity contribution is 5.56. The van der Waals surface area contributed by atoms with Crippen molar-refractivity contribution in [2.45, 2.75) is 39.2 Å². The van der Waals surface area contributed by atoms with Crippen LogP contribution in [0.2, 0.25) is 0 Å². The zero-order valence-corrected chi connectivity index (χ0v) is 12.4. The summed E-state index contributed by atoms with van der Waals surface area (Å²) in [4.78, 5) is 0. The lowest BCUT2D eigenvalue weighted by Crippen LogP contribution is -2.37. The van der Waals surface area contributed by atoms with Crippen molar-refractivity contribution in [3.8, 4) is 0 Å². The zero-order chi connectivity index (χ0) is 14.0. The largest absolute Gasteiger partial charge is 0.377 e. The molecule has 2 aromatic carbocycles. The summed E-state index contributed by atoms with van der Waals surface area (Å²) in [7, 11) is 0. The van der Waals surface area contributed by atoms with Gasteiger partial charge in [0, 0.05) is 5.69 Å². The minimum atomic E-state index is 0.282. The Hall–Kier alpha value is -1.76. The molecule has 1 aliphatic rings. The quantitative estimate of drug-likeness (QED) is 0.804. The molecule has 104 valence electrons. The van der Waals surface area contributed by atoms with Gasteiger partial charge in [0.1, 0.15) is 0 Å². The number of rotatable bonds is 3. The normalized spacial score (nSPS) is 24.8. The third-order valence-corrected chi connectivity index (χ3v) is 4.56. The highest BCUT2D eigenvalue weighted by atomic mass is 15.0. The van der Waals surface area contributed by atoms with E-state index < -0.39 is 0 Å². The summed E-state index contributed by atoms with van der Waals surface area (Å²) in [6.07, 6.45) is 3.63. The molecule has 1 heterocycles. The van der Waals surface area contributed by atoms with Gasteiger partial charge < -0.3 is 5.32 Å². The molecule has 2 atom stereocenters. The summed E-state index contributed by atoms with van der Waals surface area (Å²) in [6.45, 7) is 4.71. The summed E-state index contributed by atoms with van der Waals surface area (Å²) in [5.74, 6) is 0. The Morgan fingerprint density at radius 2 is 1.75 bits per heavy atom. The molecule has 0 aromatic heterocycles. The lowest BCUT2D eigenvalue weighted by molar-refractivity contribution is 0.235. The van der Waals surface area contributed by atoms with Crippen molar-refractivity contribution in [2.75, 3.05) is 5.32 Å². The molecule has 0 aliphatic carbocycles. The van der Waals surface area contributed by atoms with Gasteiger partial charge in [-0.3, -0.25) is 0 Å². The first-order chi connectivity index (χ1) is 9.73. The minimum Gasteiger partial charge on any atom is -0.377 e. The van der Waals surface area contributed by atoms with Crippen LogP contribution in [0.5, 0.6) is 0 Å². The van der Waals surface area contributed by atoms with E-state index in [1.165, 1.54) is 29.7 Å². The van der Waals surface area contributed by atoms with E-state index in [9.17, 15) is 0 Å². The smallest absolute Gasteiger partial charge is 0.0570 e. The molecule has 1 nitrogen and oxygen atoms in total. The van der Waals surface area contributed by atoms with Crippen LogP contribution in [0.25, 0.3) is 0 Å². The lowest BCUT2D eigenvalue weighted by atomic mass is 9.69. The molecule has 3 rings (SSSR count). The summed E-state index contributed by atoms with van der Waals surface area (Å²) in [6, 6.07) is 20.0. The Balaban J connectivity index is 2.02. The fourth-order valence-electron chi connectivity index (χ4n) is 3.62. The molecule has 1 heteroatoms. The van der Waals surface area contributed by atoms with Crippen LogP contribution in [0.15, 0.2) is 54.6 Å². The number of fused-ring (bicyclic) bond motifs is 1. The van der Waals surface area contributed by atoms with Gasteiger partial charge in [0.05, 0.1) is 6.04 Å². The summed E-state index contributed by atoms with van der Waals surface area (Å²) in [5.41, 5.74) is 4.44. The molecule has 0 radical (unpaired) electrons. The third-order valence-electron chi connectivity index (χ3n) is 4.56. The second-order valence-electron chi connectivity index (χ2n) is 6.23. The van der Waals surface area contributed by atoms with Crippen molar-refractivity contribution in [3.05, 3.63) is 65.7 Å². The van der Waals surface area contributed by atoms with Crippen molar-refractivity contribution in [1.82, 2.24) is 0 Å². The van der Waals surface area contributed by atoms with Crippen LogP contribution in [0.1, 0.15) is 43.9 Å². The molecule has 0 saturated heterocycles. The fourth-order valence-corrected chi connectivity index (χ4v) is 3.62. The summed E-state index contributed by atoms with van der Waals surface area (Å²) < 4.78 is 0. The van der Waals surface area contributed by atoms with Gasteiger partial charge in [0.25, 0.3) is 0 Å². The zero-order valence-electron chi connectivity index (χ0n) is 12.4. The number of para-hydroxylation sites is 1. The summed E-state index contributed by atoms with van der Waals surface area (Å²) in [5, 5.41) is 3.79. The number of hydrogen-bond donors (Lipinski definition) is 1. The predicted octanol–water partition coefficient (Wildman–Crippen LogP) is 5.20.